The summed E-state index contributed by atoms with van der Waals surface area (Å²) in [5, 5.41) is 9.82. The second kappa shape index (κ2) is 7.43. The minimum Gasteiger partial charge on any atom is -0.478 e. The minimum atomic E-state index is -0.983. The molecule has 0 amide bonds. The molecule has 1 N–H and O–H groups in total. The van der Waals surface area contributed by atoms with Gasteiger partial charge in [-0.3, -0.25) is 0 Å². The molecule has 0 aliphatic heterocycles. The van der Waals surface area contributed by atoms with Crippen molar-refractivity contribution in [3.8, 4) is 0 Å². The Balaban J connectivity index is 2.15. The van der Waals surface area contributed by atoms with Crippen LogP contribution in [0.5, 0.6) is 0 Å². The number of carboxylic acid groups (broad SMARTS) is 1. The quantitative estimate of drug-likeness (QED) is 0.812. The van der Waals surface area contributed by atoms with E-state index in [1.54, 1.807) is 0 Å². The highest BCUT2D eigenvalue weighted by Gasteiger charge is 2.13. The summed E-state index contributed by atoms with van der Waals surface area (Å²) in [7, 11) is 0. The molecule has 1 aromatic carbocycles. The molecule has 0 saturated heterocycles. The first-order valence-electron chi connectivity index (χ1n) is 6.57. The molecule has 21 heavy (non-hydrogen) atoms. The summed E-state index contributed by atoms with van der Waals surface area (Å²) >= 11 is 7.64. The molecule has 2 aromatic rings. The van der Waals surface area contributed by atoms with Gasteiger partial charge in [-0.15, -0.1) is 11.8 Å². The lowest BCUT2D eigenvalue weighted by Crippen LogP contribution is -2.08. The Bertz CT molecular complexity index is 649. The molecule has 1 aromatic heterocycles. The van der Waals surface area contributed by atoms with Crippen LogP contribution in [0.25, 0.3) is 0 Å². The first-order chi connectivity index (χ1) is 10.1. The Morgan fingerprint density at radius 1 is 1.38 bits per heavy atom. The van der Waals surface area contributed by atoms with E-state index >= 15 is 0 Å². The summed E-state index contributed by atoms with van der Waals surface area (Å²) in [6, 6.07) is 7.57. The monoisotopic (exact) mass is 322 g/mol. The molecule has 0 unspecified atom stereocenters. The van der Waals surface area contributed by atoms with Gasteiger partial charge in [-0.05, 0) is 18.6 Å². The van der Waals surface area contributed by atoms with Gasteiger partial charge in [0.15, 0.2) is 0 Å². The van der Waals surface area contributed by atoms with Crippen molar-refractivity contribution in [1.82, 2.24) is 9.97 Å². The van der Waals surface area contributed by atoms with Gasteiger partial charge >= 0.3 is 5.97 Å². The first-order valence-corrected chi connectivity index (χ1v) is 7.93. The van der Waals surface area contributed by atoms with Gasteiger partial charge in [0.25, 0.3) is 0 Å². The van der Waals surface area contributed by atoms with Gasteiger partial charge in [-0.25, -0.2) is 14.8 Å². The first kappa shape index (κ1) is 15.8. The van der Waals surface area contributed by atoms with E-state index in [0.717, 1.165) is 11.3 Å². The Hall–Kier alpha value is -1.59. The molecule has 2 rings (SSSR count). The number of carboxylic acids is 1. The van der Waals surface area contributed by atoms with E-state index in [0.29, 0.717) is 28.7 Å². The zero-order valence-corrected chi connectivity index (χ0v) is 13.1. The van der Waals surface area contributed by atoms with Crippen molar-refractivity contribution in [3.63, 3.8) is 0 Å². The van der Waals surface area contributed by atoms with E-state index in [2.05, 4.69) is 9.97 Å². The topological polar surface area (TPSA) is 63.1 Å². The van der Waals surface area contributed by atoms with Crippen LogP contribution < -0.4 is 0 Å². The zero-order valence-electron chi connectivity index (χ0n) is 11.5. The normalized spacial score (nSPS) is 10.6. The summed E-state index contributed by atoms with van der Waals surface area (Å²) in [6.45, 7) is 1.99. The number of hydrogen-bond donors (Lipinski definition) is 1. The van der Waals surface area contributed by atoms with Crippen LogP contribution in [0.1, 0.15) is 35.2 Å². The fourth-order valence-corrected chi connectivity index (χ4v) is 2.94. The van der Waals surface area contributed by atoms with E-state index < -0.39 is 5.97 Å². The highest BCUT2D eigenvalue weighted by atomic mass is 35.5. The number of nitrogens with zero attached hydrogens (tertiary/aromatic N) is 2. The van der Waals surface area contributed by atoms with Gasteiger partial charge in [0, 0.05) is 11.1 Å². The zero-order chi connectivity index (χ0) is 15.2. The number of aromatic carboxylic acids is 1. The van der Waals surface area contributed by atoms with E-state index in [4.69, 9.17) is 16.7 Å². The van der Waals surface area contributed by atoms with Gasteiger partial charge in [-0.1, -0.05) is 37.1 Å². The second-order valence-corrected chi connectivity index (χ2v) is 5.85. The molecule has 0 atom stereocenters. The van der Waals surface area contributed by atoms with Crippen LogP contribution in [0.3, 0.4) is 0 Å². The summed E-state index contributed by atoms with van der Waals surface area (Å²) in [5.74, 6) is 0.192. The summed E-state index contributed by atoms with van der Waals surface area (Å²) in [5.41, 5.74) is 0.776. The van der Waals surface area contributed by atoms with Gasteiger partial charge < -0.3 is 5.11 Å². The second-order valence-electron chi connectivity index (χ2n) is 4.42. The molecular formula is C15H15ClN2O2S. The maximum absolute atomic E-state index is 11.1. The lowest BCUT2D eigenvalue weighted by Gasteiger charge is -2.07. The van der Waals surface area contributed by atoms with Crippen LogP contribution in [0.4, 0.5) is 0 Å². The molecular weight excluding hydrogens is 308 g/mol. The van der Waals surface area contributed by atoms with Crippen molar-refractivity contribution in [2.75, 3.05) is 0 Å². The van der Waals surface area contributed by atoms with Crippen molar-refractivity contribution in [1.29, 1.82) is 0 Å². The highest BCUT2D eigenvalue weighted by molar-refractivity contribution is 7.98. The third-order valence-electron chi connectivity index (χ3n) is 2.83. The van der Waals surface area contributed by atoms with Gasteiger partial charge in [0.1, 0.15) is 5.82 Å². The van der Waals surface area contributed by atoms with Crippen molar-refractivity contribution in [2.24, 2.45) is 0 Å². The van der Waals surface area contributed by atoms with Gasteiger partial charge in [-0.2, -0.15) is 0 Å². The van der Waals surface area contributed by atoms with Crippen LogP contribution in [-0.2, 0) is 12.2 Å². The number of hydrogen-bond acceptors (Lipinski definition) is 4. The summed E-state index contributed by atoms with van der Waals surface area (Å²) in [6.07, 6.45) is 2.87. The number of halogens is 1. The SMILES string of the molecule is CCCc1nc(CSc2ccccc2Cl)ncc1C(=O)O. The number of carbonyl (C=O) groups is 1. The Labute approximate surface area is 132 Å². The van der Waals surface area contributed by atoms with Gasteiger partial charge in [0.05, 0.1) is 22.0 Å². The van der Waals surface area contributed by atoms with Crippen molar-refractivity contribution in [3.05, 3.63) is 52.6 Å². The molecule has 0 saturated carbocycles. The maximum atomic E-state index is 11.1. The molecule has 0 spiro atoms. The van der Waals surface area contributed by atoms with Crippen LogP contribution in [0, 0.1) is 0 Å². The molecule has 1 heterocycles. The van der Waals surface area contributed by atoms with E-state index in [9.17, 15) is 4.79 Å². The smallest absolute Gasteiger partial charge is 0.339 e. The lowest BCUT2D eigenvalue weighted by atomic mass is 10.1. The van der Waals surface area contributed by atoms with Crippen molar-refractivity contribution >= 4 is 29.3 Å². The Morgan fingerprint density at radius 3 is 2.81 bits per heavy atom. The number of aromatic nitrogens is 2. The molecule has 0 bridgehead atoms. The number of thioether (sulfide) groups is 1. The molecule has 4 nitrogen and oxygen atoms in total. The van der Waals surface area contributed by atoms with Crippen LogP contribution in [-0.4, -0.2) is 21.0 Å². The predicted octanol–water partition coefficient (Wildman–Crippen LogP) is 4.07. The van der Waals surface area contributed by atoms with Crippen LogP contribution >= 0.6 is 23.4 Å². The van der Waals surface area contributed by atoms with Crippen molar-refractivity contribution in [2.45, 2.75) is 30.4 Å². The predicted molar refractivity (Wildman–Crippen MR) is 84.0 cm³/mol. The van der Waals surface area contributed by atoms with Gasteiger partial charge in [0.2, 0.25) is 0 Å². The largest absolute Gasteiger partial charge is 0.478 e. The average molecular weight is 323 g/mol. The van der Waals surface area contributed by atoms with Crippen LogP contribution in [0.2, 0.25) is 5.02 Å². The van der Waals surface area contributed by atoms with E-state index in [-0.39, 0.29) is 5.56 Å². The molecule has 0 fully saturated rings. The third-order valence-corrected chi connectivity index (χ3v) is 4.34. The molecule has 0 radical (unpaired) electrons. The Morgan fingerprint density at radius 2 is 2.14 bits per heavy atom. The van der Waals surface area contributed by atoms with Crippen LogP contribution in [0.15, 0.2) is 35.4 Å². The number of benzene rings is 1. The fraction of sp³-hybridized carbons (Fsp3) is 0.267. The standard InChI is InChI=1S/C15H15ClN2O2S/c1-2-5-12-10(15(19)20)8-17-14(18-12)9-21-13-7-4-3-6-11(13)16/h3-4,6-8H,2,5,9H2,1H3,(H,19,20). The molecule has 0 aliphatic rings. The van der Waals surface area contributed by atoms with E-state index in [1.165, 1.54) is 18.0 Å². The Kier molecular flexibility index (Phi) is 5.59. The molecule has 0 aliphatic carbocycles. The lowest BCUT2D eigenvalue weighted by molar-refractivity contribution is 0.0694. The molecule has 110 valence electrons. The number of rotatable bonds is 6. The number of aryl methyl sites for hydroxylation is 1. The summed E-state index contributed by atoms with van der Waals surface area (Å²) < 4.78 is 0. The highest BCUT2D eigenvalue weighted by Crippen LogP contribution is 2.28. The third kappa shape index (κ3) is 4.19. The fourth-order valence-electron chi connectivity index (χ4n) is 1.84. The maximum Gasteiger partial charge on any atom is 0.339 e. The molecule has 6 heteroatoms. The van der Waals surface area contributed by atoms with E-state index in [1.807, 2.05) is 31.2 Å². The average Bonchev–Trinajstić information content (AvgIpc) is 2.46. The van der Waals surface area contributed by atoms with Crippen molar-refractivity contribution < 1.29 is 9.90 Å². The summed E-state index contributed by atoms with van der Waals surface area (Å²) in [4.78, 5) is 20.6. The minimum absolute atomic E-state index is 0.184.